The smallest absolute Gasteiger partial charge is 0.162 e. The highest BCUT2D eigenvalue weighted by Gasteiger charge is 2.15. The number of benzene rings is 4. The molecule has 0 saturated carbocycles. The van der Waals surface area contributed by atoms with E-state index in [0.717, 1.165) is 74.2 Å². The summed E-state index contributed by atoms with van der Waals surface area (Å²) in [5, 5.41) is 5.43. The molecule has 0 fully saturated rings. The first-order chi connectivity index (χ1) is 24.0. The lowest BCUT2D eigenvalue weighted by atomic mass is 9.96. The Bertz CT molecular complexity index is 2280. The summed E-state index contributed by atoms with van der Waals surface area (Å²) in [7, 11) is 1.89. The molecule has 0 spiro atoms. The van der Waals surface area contributed by atoms with Crippen LogP contribution in [-0.4, -0.2) is 28.7 Å². The molecular formula is C43H36N6. The van der Waals surface area contributed by atoms with E-state index in [1.165, 1.54) is 5.57 Å². The monoisotopic (exact) mass is 636 g/mol. The zero-order valence-corrected chi connectivity index (χ0v) is 27.3. The lowest BCUT2D eigenvalue weighted by molar-refractivity contribution is 1.04. The number of nitrogens with zero attached hydrogens (tertiary/aromatic N) is 4. The van der Waals surface area contributed by atoms with Gasteiger partial charge in [0, 0.05) is 40.9 Å². The number of hydrogen-bond donors (Lipinski definition) is 2. The Balaban J connectivity index is 1.39. The largest absolute Gasteiger partial charge is 0.383 e. The number of aliphatic imine (C=N–C) groups is 2. The summed E-state index contributed by atoms with van der Waals surface area (Å²) in [6.45, 7) is 4.24. The van der Waals surface area contributed by atoms with Crippen molar-refractivity contribution in [2.75, 3.05) is 12.4 Å². The predicted octanol–water partition coefficient (Wildman–Crippen LogP) is 9.56. The fourth-order valence-corrected chi connectivity index (χ4v) is 5.86. The van der Waals surface area contributed by atoms with E-state index in [1.54, 1.807) is 0 Å². The topological polar surface area (TPSA) is 88.5 Å². The van der Waals surface area contributed by atoms with Crippen molar-refractivity contribution in [1.82, 2.24) is 9.97 Å². The van der Waals surface area contributed by atoms with Crippen LogP contribution in [0.1, 0.15) is 35.1 Å². The molecule has 2 aromatic heterocycles. The van der Waals surface area contributed by atoms with Crippen LogP contribution in [0.5, 0.6) is 0 Å². The number of nitrogens with one attached hydrogen (secondary N) is 1. The molecule has 6 nitrogen and oxygen atoms in total. The third kappa shape index (κ3) is 7.14. The zero-order valence-electron chi connectivity index (χ0n) is 27.3. The maximum atomic E-state index is 6.90. The lowest BCUT2D eigenvalue weighted by Gasteiger charge is -2.14. The van der Waals surface area contributed by atoms with Crippen molar-refractivity contribution in [1.29, 1.82) is 0 Å². The highest BCUT2D eigenvalue weighted by molar-refractivity contribution is 6.12. The number of fused-ring (bicyclic) bond motifs is 1. The van der Waals surface area contributed by atoms with Crippen molar-refractivity contribution < 1.29 is 0 Å². The fraction of sp³-hybridized carbons (Fsp3) is 0.0698. The zero-order chi connectivity index (χ0) is 33.6. The van der Waals surface area contributed by atoms with E-state index in [0.29, 0.717) is 17.4 Å². The van der Waals surface area contributed by atoms with E-state index < -0.39 is 0 Å². The molecular weight excluding hydrogens is 601 g/mol. The number of pyridine rings is 2. The van der Waals surface area contributed by atoms with Gasteiger partial charge in [-0.25, -0.2) is 15.0 Å². The third-order valence-electron chi connectivity index (χ3n) is 8.47. The van der Waals surface area contributed by atoms with Crippen molar-refractivity contribution in [3.8, 4) is 22.5 Å². The quantitative estimate of drug-likeness (QED) is 0.129. The number of hydrogen-bond acceptors (Lipinski definition) is 4. The van der Waals surface area contributed by atoms with Crippen molar-refractivity contribution in [3.63, 3.8) is 0 Å². The van der Waals surface area contributed by atoms with Crippen molar-refractivity contribution in [2.24, 2.45) is 15.7 Å². The number of rotatable bonds is 8. The van der Waals surface area contributed by atoms with E-state index in [9.17, 15) is 0 Å². The van der Waals surface area contributed by atoms with Crippen LogP contribution in [0.15, 0.2) is 162 Å². The number of nitrogens with two attached hydrogens (primary N) is 1. The van der Waals surface area contributed by atoms with E-state index in [4.69, 9.17) is 25.7 Å². The van der Waals surface area contributed by atoms with Crippen LogP contribution in [-0.2, 0) is 0 Å². The SMILES string of the molecule is C=C(N=C(N=C(N)c1cc(-c2cc3ccccc3cn2)cc(-c2cc(C3=CCCC=C3)cc(NC)n2)c1)c1ccccc1)c1ccccc1. The Morgan fingerprint density at radius 1 is 0.694 bits per heavy atom. The second-order valence-corrected chi connectivity index (χ2v) is 11.8. The van der Waals surface area contributed by atoms with Gasteiger partial charge in [0.15, 0.2) is 5.84 Å². The minimum Gasteiger partial charge on any atom is -0.383 e. The maximum Gasteiger partial charge on any atom is 0.162 e. The standard InChI is InChI=1S/C43H36N6/c1-29(30-14-6-3-7-15-30)47-43(32-18-10-5-11-19-32)49-42(44)38-23-36(39-25-33-20-12-13-21-34(33)28-46-39)22-37(24-38)40-26-35(27-41(45-2)48-40)31-16-8-4-9-17-31/h3,5-8,10-28H,1,4,9H2,2H3,(H,45,48)(H2,44,47,49). The first-order valence-electron chi connectivity index (χ1n) is 16.3. The Morgan fingerprint density at radius 3 is 2.10 bits per heavy atom. The summed E-state index contributed by atoms with van der Waals surface area (Å²) in [4.78, 5) is 19.6. The van der Waals surface area contributed by atoms with Crippen LogP contribution in [0.2, 0.25) is 0 Å². The number of amidine groups is 2. The average molecular weight is 637 g/mol. The van der Waals surface area contributed by atoms with Crippen molar-refractivity contribution in [3.05, 3.63) is 175 Å². The molecule has 0 amide bonds. The molecule has 0 unspecified atom stereocenters. The molecule has 0 atom stereocenters. The minimum atomic E-state index is 0.315. The van der Waals surface area contributed by atoms with Gasteiger partial charge in [-0.3, -0.25) is 4.98 Å². The van der Waals surface area contributed by atoms with Crippen LogP contribution < -0.4 is 11.1 Å². The summed E-state index contributed by atoms with van der Waals surface area (Å²) in [5.41, 5.74) is 15.7. The van der Waals surface area contributed by atoms with Gasteiger partial charge < -0.3 is 11.1 Å². The number of aromatic nitrogens is 2. The van der Waals surface area contributed by atoms with Gasteiger partial charge in [0.05, 0.1) is 17.1 Å². The molecule has 0 saturated heterocycles. The molecule has 1 aliphatic carbocycles. The minimum absolute atomic E-state index is 0.315. The average Bonchev–Trinajstić information content (AvgIpc) is 3.18. The predicted molar refractivity (Wildman–Crippen MR) is 205 cm³/mol. The number of anilines is 1. The molecule has 7 rings (SSSR count). The van der Waals surface area contributed by atoms with Gasteiger partial charge in [-0.05, 0) is 71.3 Å². The molecule has 4 aromatic carbocycles. The van der Waals surface area contributed by atoms with Gasteiger partial charge in [-0.15, -0.1) is 0 Å². The molecule has 3 N–H and O–H groups in total. The fourth-order valence-electron chi connectivity index (χ4n) is 5.86. The Labute approximate surface area is 286 Å². The van der Waals surface area contributed by atoms with E-state index >= 15 is 0 Å². The second-order valence-electron chi connectivity index (χ2n) is 11.8. The first-order valence-corrected chi connectivity index (χ1v) is 16.3. The Hall–Kier alpha value is -6.40. The van der Waals surface area contributed by atoms with Gasteiger partial charge in [0.25, 0.3) is 0 Å². The highest BCUT2D eigenvalue weighted by atomic mass is 15.0. The summed E-state index contributed by atoms with van der Waals surface area (Å²) < 4.78 is 0. The van der Waals surface area contributed by atoms with E-state index in [2.05, 4.69) is 66.5 Å². The molecule has 0 aliphatic heterocycles. The molecule has 1 aliphatic rings. The van der Waals surface area contributed by atoms with Crippen LogP contribution in [0, 0.1) is 0 Å². The second kappa shape index (κ2) is 14.2. The lowest BCUT2D eigenvalue weighted by Crippen LogP contribution is -2.17. The van der Waals surface area contributed by atoms with Gasteiger partial charge in [-0.2, -0.15) is 0 Å². The van der Waals surface area contributed by atoms with Gasteiger partial charge in [0.1, 0.15) is 11.7 Å². The van der Waals surface area contributed by atoms with Crippen LogP contribution in [0.4, 0.5) is 5.82 Å². The van der Waals surface area contributed by atoms with Crippen LogP contribution in [0.3, 0.4) is 0 Å². The van der Waals surface area contributed by atoms with Gasteiger partial charge in [0.2, 0.25) is 0 Å². The summed E-state index contributed by atoms with van der Waals surface area (Å²) in [6, 6.07) is 40.4. The van der Waals surface area contributed by atoms with Crippen LogP contribution >= 0.6 is 0 Å². The molecule has 6 aromatic rings. The molecule has 238 valence electrons. The highest BCUT2D eigenvalue weighted by Crippen LogP contribution is 2.32. The molecule has 0 bridgehead atoms. The van der Waals surface area contributed by atoms with E-state index in [1.807, 2.05) is 98.2 Å². The molecule has 0 radical (unpaired) electrons. The summed E-state index contributed by atoms with van der Waals surface area (Å²) >= 11 is 0. The normalized spacial score (nSPS) is 13.3. The number of allylic oxidation sites excluding steroid dienone is 4. The summed E-state index contributed by atoms with van der Waals surface area (Å²) in [5.74, 6) is 1.56. The van der Waals surface area contributed by atoms with Crippen molar-refractivity contribution >= 4 is 39.5 Å². The Kier molecular flexibility index (Phi) is 9.02. The third-order valence-corrected chi connectivity index (χ3v) is 8.47. The van der Waals surface area contributed by atoms with Crippen LogP contribution in [0.25, 0.3) is 44.6 Å². The molecule has 49 heavy (non-hydrogen) atoms. The van der Waals surface area contributed by atoms with Crippen molar-refractivity contribution in [2.45, 2.75) is 12.8 Å². The summed E-state index contributed by atoms with van der Waals surface area (Å²) in [6.07, 6.45) is 10.6. The Morgan fingerprint density at radius 2 is 1.39 bits per heavy atom. The maximum absolute atomic E-state index is 6.90. The molecule has 6 heteroatoms. The van der Waals surface area contributed by atoms with Gasteiger partial charge in [-0.1, -0.05) is 110 Å². The molecule has 2 heterocycles. The van der Waals surface area contributed by atoms with Gasteiger partial charge >= 0.3 is 0 Å². The first kappa shape index (κ1) is 31.2. The van der Waals surface area contributed by atoms with E-state index in [-0.39, 0.29) is 0 Å².